The number of aromatic hydroxyl groups is 1. The third-order valence-corrected chi connectivity index (χ3v) is 6.11. The fraction of sp³-hybridized carbons (Fsp3) is 0.429. The van der Waals surface area contributed by atoms with Gasteiger partial charge in [-0.3, -0.25) is 25.5 Å². The molecule has 29 heavy (non-hydrogen) atoms. The van der Waals surface area contributed by atoms with Gasteiger partial charge in [-0.1, -0.05) is 13.8 Å². The van der Waals surface area contributed by atoms with Crippen molar-refractivity contribution in [1.82, 2.24) is 10.2 Å². The number of carbonyl (C=O) groups is 1. The molecule has 1 amide bonds. The standard InChI is InChI=1S/C17H20N4OS.C4H9NO/c1-9-10(2)23-17-15(9)16(12-4-6-13(22)7-5-12)20-8-14(19)21(17)11(3)18;1-3-5-4(2)6/h4-7,9-10,18-19,22H,8H2,1-3H3;3H2,1-2H3,(H,5,6). The highest BCUT2D eigenvalue weighted by Gasteiger charge is 2.38. The Bertz CT molecular complexity index is 860. The predicted octanol–water partition coefficient (Wildman–Crippen LogP) is 3.60. The van der Waals surface area contributed by atoms with Crippen molar-refractivity contribution in [1.29, 1.82) is 10.8 Å². The van der Waals surface area contributed by atoms with Crippen LogP contribution in [0.1, 0.15) is 40.2 Å². The van der Waals surface area contributed by atoms with Crippen molar-refractivity contribution in [3.63, 3.8) is 0 Å². The minimum atomic E-state index is 0.0394. The van der Waals surface area contributed by atoms with Crippen molar-refractivity contribution in [2.75, 3.05) is 13.1 Å². The molecule has 1 aromatic rings. The maximum atomic E-state index is 9.93. The number of phenolic OH excluding ortho intramolecular Hbond substituents is 1. The zero-order valence-electron chi connectivity index (χ0n) is 17.5. The zero-order chi connectivity index (χ0) is 21.7. The summed E-state index contributed by atoms with van der Waals surface area (Å²) in [7, 11) is 0. The minimum Gasteiger partial charge on any atom is -0.508 e. The van der Waals surface area contributed by atoms with Gasteiger partial charge in [-0.05, 0) is 44.0 Å². The molecular formula is C21H29N5O2S. The fourth-order valence-electron chi connectivity index (χ4n) is 3.16. The molecule has 156 valence electrons. The second-order valence-electron chi connectivity index (χ2n) is 7.00. The maximum Gasteiger partial charge on any atom is 0.216 e. The highest BCUT2D eigenvalue weighted by Crippen LogP contribution is 2.46. The fourth-order valence-corrected chi connectivity index (χ4v) is 4.62. The Balaban J connectivity index is 0.000000438. The molecule has 0 radical (unpaired) electrons. The molecule has 8 heteroatoms. The smallest absolute Gasteiger partial charge is 0.216 e. The number of carbonyl (C=O) groups excluding carboxylic acids is 1. The minimum absolute atomic E-state index is 0.0394. The van der Waals surface area contributed by atoms with Crippen LogP contribution >= 0.6 is 11.8 Å². The Morgan fingerprint density at radius 2 is 1.93 bits per heavy atom. The van der Waals surface area contributed by atoms with Crippen LogP contribution in [-0.4, -0.2) is 51.6 Å². The lowest BCUT2D eigenvalue weighted by Gasteiger charge is -2.23. The van der Waals surface area contributed by atoms with E-state index in [1.54, 1.807) is 35.7 Å². The van der Waals surface area contributed by atoms with Crippen LogP contribution in [0, 0.1) is 16.7 Å². The summed E-state index contributed by atoms with van der Waals surface area (Å²) in [4.78, 5) is 16.3. The Morgan fingerprint density at radius 1 is 1.31 bits per heavy atom. The first-order chi connectivity index (χ1) is 13.7. The van der Waals surface area contributed by atoms with Gasteiger partial charge in [0, 0.05) is 29.9 Å². The SMILES string of the molecule is CC(=N)N1C(=N)CN=C(c2ccc(O)cc2)C2=C1SC(C)C2C.CCNC(C)=O. The summed E-state index contributed by atoms with van der Waals surface area (Å²) in [5.41, 5.74) is 2.91. The van der Waals surface area contributed by atoms with E-state index in [0.717, 1.165) is 28.4 Å². The van der Waals surface area contributed by atoms with E-state index in [0.29, 0.717) is 16.9 Å². The highest BCUT2D eigenvalue weighted by molar-refractivity contribution is 8.04. The number of amidine groups is 2. The molecule has 2 aliphatic heterocycles. The van der Waals surface area contributed by atoms with E-state index in [-0.39, 0.29) is 24.1 Å². The van der Waals surface area contributed by atoms with Crippen LogP contribution in [-0.2, 0) is 4.79 Å². The van der Waals surface area contributed by atoms with E-state index in [1.165, 1.54) is 6.92 Å². The van der Waals surface area contributed by atoms with E-state index in [1.807, 2.05) is 19.1 Å². The molecule has 2 unspecified atom stereocenters. The van der Waals surface area contributed by atoms with Crippen LogP contribution in [0.25, 0.3) is 0 Å². The van der Waals surface area contributed by atoms with Crippen LogP contribution in [0.5, 0.6) is 5.75 Å². The summed E-state index contributed by atoms with van der Waals surface area (Å²) in [6.45, 7) is 10.4. The quantitative estimate of drug-likeness (QED) is 0.437. The Kier molecular flexibility index (Phi) is 7.61. The first-order valence-electron chi connectivity index (χ1n) is 9.59. The summed E-state index contributed by atoms with van der Waals surface area (Å²) in [5, 5.41) is 29.7. The molecule has 4 N–H and O–H groups in total. The van der Waals surface area contributed by atoms with Gasteiger partial charge in [0.1, 0.15) is 17.4 Å². The van der Waals surface area contributed by atoms with E-state index in [4.69, 9.17) is 10.8 Å². The Labute approximate surface area is 176 Å². The number of amides is 1. The van der Waals surface area contributed by atoms with Crippen molar-refractivity contribution in [3.05, 3.63) is 40.4 Å². The number of phenols is 1. The molecule has 0 saturated heterocycles. The molecule has 2 heterocycles. The van der Waals surface area contributed by atoms with Crippen LogP contribution in [0.3, 0.4) is 0 Å². The van der Waals surface area contributed by atoms with Crippen LogP contribution < -0.4 is 5.32 Å². The molecular weight excluding hydrogens is 386 g/mol. The Morgan fingerprint density at radius 3 is 2.41 bits per heavy atom. The lowest BCUT2D eigenvalue weighted by Crippen LogP contribution is -2.33. The molecule has 2 atom stereocenters. The molecule has 7 nitrogen and oxygen atoms in total. The van der Waals surface area contributed by atoms with E-state index < -0.39 is 0 Å². The summed E-state index contributed by atoms with van der Waals surface area (Å²) < 4.78 is 0. The summed E-state index contributed by atoms with van der Waals surface area (Å²) >= 11 is 1.71. The van der Waals surface area contributed by atoms with Gasteiger partial charge in [-0.2, -0.15) is 0 Å². The molecule has 2 aliphatic rings. The molecule has 0 aliphatic carbocycles. The first kappa shape index (κ1) is 22.7. The second-order valence-corrected chi connectivity index (χ2v) is 8.36. The summed E-state index contributed by atoms with van der Waals surface area (Å²) in [6.07, 6.45) is 0. The van der Waals surface area contributed by atoms with Crippen LogP contribution in [0.2, 0.25) is 0 Å². The Hall–Kier alpha value is -2.61. The normalized spacial score (nSPS) is 20.9. The lowest BCUT2D eigenvalue weighted by molar-refractivity contribution is -0.118. The van der Waals surface area contributed by atoms with E-state index in [2.05, 4.69) is 24.2 Å². The maximum absolute atomic E-state index is 9.93. The first-order valence-corrected chi connectivity index (χ1v) is 10.5. The number of nitrogens with one attached hydrogen (secondary N) is 3. The number of benzene rings is 1. The number of hydrogen-bond donors (Lipinski definition) is 4. The number of allylic oxidation sites excluding steroid dienone is 1. The van der Waals surface area contributed by atoms with Crippen molar-refractivity contribution < 1.29 is 9.90 Å². The number of nitrogens with zero attached hydrogens (tertiary/aromatic N) is 2. The predicted molar refractivity (Wildman–Crippen MR) is 120 cm³/mol. The summed E-state index contributed by atoms with van der Waals surface area (Å²) in [6, 6.07) is 7.03. The van der Waals surface area contributed by atoms with E-state index >= 15 is 0 Å². The molecule has 1 aromatic carbocycles. The molecule has 0 spiro atoms. The monoisotopic (exact) mass is 415 g/mol. The zero-order valence-corrected chi connectivity index (χ0v) is 18.4. The third kappa shape index (κ3) is 5.26. The van der Waals surface area contributed by atoms with E-state index in [9.17, 15) is 9.90 Å². The van der Waals surface area contributed by atoms with Gasteiger partial charge in [0.25, 0.3) is 0 Å². The van der Waals surface area contributed by atoms with Crippen molar-refractivity contribution in [3.8, 4) is 5.75 Å². The molecule has 0 saturated carbocycles. The third-order valence-electron chi connectivity index (χ3n) is 4.70. The van der Waals surface area contributed by atoms with Gasteiger partial charge in [0.05, 0.1) is 17.3 Å². The number of thioether (sulfide) groups is 1. The summed E-state index contributed by atoms with van der Waals surface area (Å²) in [5.74, 6) is 1.22. The van der Waals surface area contributed by atoms with Gasteiger partial charge in [0.15, 0.2) is 0 Å². The molecule has 0 aromatic heterocycles. The largest absolute Gasteiger partial charge is 0.508 e. The molecule has 0 fully saturated rings. The van der Waals surface area contributed by atoms with Crippen molar-refractivity contribution in [2.45, 2.75) is 39.9 Å². The van der Waals surface area contributed by atoms with Crippen molar-refractivity contribution in [2.24, 2.45) is 10.9 Å². The van der Waals surface area contributed by atoms with Gasteiger partial charge in [-0.15, -0.1) is 11.8 Å². The van der Waals surface area contributed by atoms with Crippen LogP contribution in [0.4, 0.5) is 0 Å². The van der Waals surface area contributed by atoms with Gasteiger partial charge in [-0.25, -0.2) is 0 Å². The highest BCUT2D eigenvalue weighted by atomic mass is 32.2. The van der Waals surface area contributed by atoms with Crippen molar-refractivity contribution >= 4 is 35.1 Å². The van der Waals surface area contributed by atoms with Gasteiger partial charge in [0.2, 0.25) is 5.91 Å². The average Bonchev–Trinajstić information content (AvgIpc) is 2.83. The average molecular weight is 416 g/mol. The number of hydrogen-bond acceptors (Lipinski definition) is 6. The molecule has 3 rings (SSSR count). The van der Waals surface area contributed by atoms with Gasteiger partial charge < -0.3 is 10.4 Å². The number of aliphatic imine (C=N–C) groups is 1. The topological polar surface area (TPSA) is 113 Å². The molecule has 0 bridgehead atoms. The number of rotatable bonds is 2. The van der Waals surface area contributed by atoms with Gasteiger partial charge >= 0.3 is 0 Å². The van der Waals surface area contributed by atoms with Crippen LogP contribution in [0.15, 0.2) is 39.9 Å². The second kappa shape index (κ2) is 9.73. The lowest BCUT2D eigenvalue weighted by atomic mass is 9.91.